The molecular weight excluding hydrogens is 331 g/mol. The number of urea groups is 1. The highest BCUT2D eigenvalue weighted by Crippen LogP contribution is 2.29. The lowest BCUT2D eigenvalue weighted by atomic mass is 9.86. The van der Waals surface area contributed by atoms with Gasteiger partial charge in [-0.2, -0.15) is 13.2 Å². The standard InChI is InChI=1S/C14H16F3N3O4/c15-14(16,17)8-5-10(11(21)18-6-8)20-13(24)19-9-3-1-7(2-4-9)12(22)23/h5-7,9H,1-4H2,(H,18,21)(H,22,23)(H2,19,20,24). The van der Waals surface area contributed by atoms with Crippen molar-refractivity contribution in [2.24, 2.45) is 5.92 Å². The molecule has 1 aliphatic carbocycles. The maximum absolute atomic E-state index is 12.6. The van der Waals surface area contributed by atoms with Crippen LogP contribution >= 0.6 is 0 Å². The molecule has 7 nitrogen and oxygen atoms in total. The van der Waals surface area contributed by atoms with Gasteiger partial charge >= 0.3 is 18.2 Å². The number of hydrogen-bond donors (Lipinski definition) is 4. The van der Waals surface area contributed by atoms with Crippen LogP contribution in [0.2, 0.25) is 0 Å². The van der Waals surface area contributed by atoms with E-state index in [0.717, 1.165) is 0 Å². The molecule has 0 atom stereocenters. The predicted octanol–water partition coefficient (Wildman–Crippen LogP) is 2.16. The van der Waals surface area contributed by atoms with Gasteiger partial charge in [0.15, 0.2) is 0 Å². The summed E-state index contributed by atoms with van der Waals surface area (Å²) in [6, 6.07) is -0.538. The van der Waals surface area contributed by atoms with Crippen LogP contribution in [0.15, 0.2) is 17.1 Å². The summed E-state index contributed by atoms with van der Waals surface area (Å²) in [5.74, 6) is -1.33. The Morgan fingerprint density at radius 2 is 1.83 bits per heavy atom. The van der Waals surface area contributed by atoms with E-state index in [4.69, 9.17) is 5.11 Å². The van der Waals surface area contributed by atoms with E-state index in [1.807, 2.05) is 4.98 Å². The van der Waals surface area contributed by atoms with E-state index >= 15 is 0 Å². The van der Waals surface area contributed by atoms with Crippen molar-refractivity contribution in [3.63, 3.8) is 0 Å². The SMILES string of the molecule is O=C(Nc1cc(C(F)(F)F)c[nH]c1=O)NC1CCC(C(=O)O)CC1. The van der Waals surface area contributed by atoms with Crippen molar-refractivity contribution in [3.05, 3.63) is 28.2 Å². The Morgan fingerprint density at radius 3 is 2.38 bits per heavy atom. The topological polar surface area (TPSA) is 111 Å². The number of aromatic amines is 1. The molecular formula is C14H16F3N3O4. The number of hydrogen-bond acceptors (Lipinski definition) is 3. The number of nitrogens with one attached hydrogen (secondary N) is 3. The highest BCUT2D eigenvalue weighted by atomic mass is 19.4. The Kier molecular flexibility index (Phi) is 5.15. The van der Waals surface area contributed by atoms with Crippen molar-refractivity contribution in [1.82, 2.24) is 10.3 Å². The summed E-state index contributed by atoms with van der Waals surface area (Å²) in [7, 11) is 0. The molecule has 0 radical (unpaired) electrons. The normalized spacial score (nSPS) is 21.1. The van der Waals surface area contributed by atoms with Crippen LogP contribution in [0.4, 0.5) is 23.7 Å². The number of aliphatic carboxylic acids is 1. The first-order chi connectivity index (χ1) is 11.2. The van der Waals surface area contributed by atoms with Crippen LogP contribution in [0.3, 0.4) is 0 Å². The third-order valence-electron chi connectivity index (χ3n) is 3.89. The van der Waals surface area contributed by atoms with Crippen molar-refractivity contribution in [2.45, 2.75) is 37.9 Å². The lowest BCUT2D eigenvalue weighted by molar-refractivity contribution is -0.143. The summed E-state index contributed by atoms with van der Waals surface area (Å²) in [6.07, 6.45) is -2.41. The van der Waals surface area contributed by atoms with Gasteiger partial charge in [-0.15, -0.1) is 0 Å². The average Bonchev–Trinajstić information content (AvgIpc) is 2.48. The van der Waals surface area contributed by atoms with E-state index in [1.54, 1.807) is 0 Å². The number of carboxylic acid groups (broad SMARTS) is 1. The molecule has 2 rings (SSSR count). The van der Waals surface area contributed by atoms with Crippen LogP contribution in [-0.4, -0.2) is 28.1 Å². The number of H-pyrrole nitrogens is 1. The van der Waals surface area contributed by atoms with E-state index in [1.165, 1.54) is 0 Å². The lowest BCUT2D eigenvalue weighted by Crippen LogP contribution is -2.41. The van der Waals surface area contributed by atoms with Crippen LogP contribution in [0.1, 0.15) is 31.2 Å². The van der Waals surface area contributed by atoms with Crippen molar-refractivity contribution < 1.29 is 27.9 Å². The van der Waals surface area contributed by atoms with Crippen LogP contribution in [0.5, 0.6) is 0 Å². The first-order valence-electron chi connectivity index (χ1n) is 7.27. The van der Waals surface area contributed by atoms with E-state index in [9.17, 15) is 27.6 Å². The molecule has 1 heterocycles. The monoisotopic (exact) mass is 347 g/mol. The number of carboxylic acids is 1. The zero-order valence-corrected chi connectivity index (χ0v) is 12.4. The zero-order chi connectivity index (χ0) is 17.9. The second-order valence-corrected chi connectivity index (χ2v) is 5.61. The van der Waals surface area contributed by atoms with E-state index in [2.05, 4.69) is 10.6 Å². The Hall–Kier alpha value is -2.52. The molecule has 0 bridgehead atoms. The highest BCUT2D eigenvalue weighted by Gasteiger charge is 2.32. The Labute approximate surface area is 134 Å². The first-order valence-corrected chi connectivity index (χ1v) is 7.27. The van der Waals surface area contributed by atoms with Gasteiger partial charge in [-0.3, -0.25) is 9.59 Å². The van der Waals surface area contributed by atoms with Gasteiger partial charge in [0.1, 0.15) is 5.69 Å². The van der Waals surface area contributed by atoms with Crippen LogP contribution < -0.4 is 16.2 Å². The Bertz CT molecular complexity index is 679. The van der Waals surface area contributed by atoms with Crippen molar-refractivity contribution in [1.29, 1.82) is 0 Å². The van der Waals surface area contributed by atoms with Gasteiger partial charge in [0, 0.05) is 12.2 Å². The van der Waals surface area contributed by atoms with Gasteiger partial charge in [0.2, 0.25) is 0 Å². The lowest BCUT2D eigenvalue weighted by Gasteiger charge is -2.26. The molecule has 0 saturated heterocycles. The summed E-state index contributed by atoms with van der Waals surface area (Å²) < 4.78 is 37.8. The molecule has 1 saturated carbocycles. The molecule has 4 N–H and O–H groups in total. The maximum Gasteiger partial charge on any atom is 0.417 e. The fourth-order valence-electron chi connectivity index (χ4n) is 2.57. The minimum absolute atomic E-state index is 0.287. The van der Waals surface area contributed by atoms with E-state index < -0.39 is 40.9 Å². The minimum Gasteiger partial charge on any atom is -0.481 e. The van der Waals surface area contributed by atoms with Gasteiger partial charge in [-0.1, -0.05) is 0 Å². The predicted molar refractivity (Wildman–Crippen MR) is 77.6 cm³/mol. The number of rotatable bonds is 3. The summed E-state index contributed by atoms with van der Waals surface area (Å²) in [5.41, 5.74) is -2.45. The summed E-state index contributed by atoms with van der Waals surface area (Å²) in [4.78, 5) is 36.1. The van der Waals surface area contributed by atoms with Gasteiger partial charge in [0.05, 0.1) is 11.5 Å². The Morgan fingerprint density at radius 1 is 1.21 bits per heavy atom. The van der Waals surface area contributed by atoms with Gasteiger partial charge in [0.25, 0.3) is 5.56 Å². The zero-order valence-electron chi connectivity index (χ0n) is 12.4. The van der Waals surface area contributed by atoms with Crippen molar-refractivity contribution >= 4 is 17.7 Å². The number of pyridine rings is 1. The van der Waals surface area contributed by atoms with E-state index in [0.29, 0.717) is 37.9 Å². The number of halogens is 3. The van der Waals surface area contributed by atoms with Crippen molar-refractivity contribution in [2.75, 3.05) is 5.32 Å². The fourth-order valence-corrected chi connectivity index (χ4v) is 2.57. The van der Waals surface area contributed by atoms with E-state index in [-0.39, 0.29) is 6.04 Å². The molecule has 10 heteroatoms. The first kappa shape index (κ1) is 17.8. The highest BCUT2D eigenvalue weighted by molar-refractivity contribution is 5.89. The van der Waals surface area contributed by atoms with Gasteiger partial charge in [-0.25, -0.2) is 4.79 Å². The molecule has 2 amide bonds. The number of amides is 2. The summed E-state index contributed by atoms with van der Waals surface area (Å²) >= 11 is 0. The molecule has 1 fully saturated rings. The number of aromatic nitrogens is 1. The molecule has 0 unspecified atom stereocenters. The number of anilines is 1. The molecule has 1 aromatic heterocycles. The summed E-state index contributed by atoms with van der Waals surface area (Å²) in [6.45, 7) is 0. The third-order valence-corrected chi connectivity index (χ3v) is 3.89. The van der Waals surface area contributed by atoms with Crippen LogP contribution in [-0.2, 0) is 11.0 Å². The third kappa shape index (κ3) is 4.49. The molecule has 0 aromatic carbocycles. The van der Waals surface area contributed by atoms with Gasteiger partial charge in [-0.05, 0) is 31.7 Å². The largest absolute Gasteiger partial charge is 0.481 e. The minimum atomic E-state index is -4.65. The number of carbonyl (C=O) groups excluding carboxylic acids is 1. The van der Waals surface area contributed by atoms with Gasteiger partial charge < -0.3 is 20.7 Å². The Balaban J connectivity index is 1.96. The maximum atomic E-state index is 12.6. The molecule has 1 aliphatic rings. The van der Waals surface area contributed by atoms with Crippen LogP contribution in [0.25, 0.3) is 0 Å². The smallest absolute Gasteiger partial charge is 0.417 e. The number of carbonyl (C=O) groups is 2. The fraction of sp³-hybridized carbons (Fsp3) is 0.500. The molecule has 1 aromatic rings. The molecule has 132 valence electrons. The van der Waals surface area contributed by atoms with Crippen molar-refractivity contribution in [3.8, 4) is 0 Å². The second kappa shape index (κ2) is 6.93. The average molecular weight is 347 g/mol. The quantitative estimate of drug-likeness (QED) is 0.671. The molecule has 0 spiro atoms. The van der Waals surface area contributed by atoms with Crippen LogP contribution in [0, 0.1) is 5.92 Å². The number of alkyl halides is 3. The molecule has 0 aliphatic heterocycles. The molecule has 24 heavy (non-hydrogen) atoms. The second-order valence-electron chi connectivity index (χ2n) is 5.61. The summed E-state index contributed by atoms with van der Waals surface area (Å²) in [5, 5.41) is 13.5.